The number of nitrogens with zero attached hydrogens (tertiary/aromatic N) is 2. The number of aliphatic hydroxyl groups is 1. The number of rotatable bonds is 1. The molecule has 2 unspecified atom stereocenters. The Morgan fingerprint density at radius 1 is 1.35 bits per heavy atom. The average molecular weight is 274 g/mol. The molecule has 1 aliphatic heterocycles. The predicted molar refractivity (Wildman–Crippen MR) is 74.9 cm³/mol. The molecule has 1 aliphatic carbocycles. The summed E-state index contributed by atoms with van der Waals surface area (Å²) in [5.41, 5.74) is 0.239. The molecule has 1 aromatic carbocycles. The van der Waals surface area contributed by atoms with Crippen molar-refractivity contribution in [3.05, 3.63) is 29.6 Å². The number of piperidine rings is 1. The lowest BCUT2D eigenvalue weighted by atomic mass is 9.71. The second kappa shape index (κ2) is 5.06. The Morgan fingerprint density at radius 3 is 3.00 bits per heavy atom. The molecule has 1 heterocycles. The molecule has 1 N–H and O–H groups in total. The zero-order valence-corrected chi connectivity index (χ0v) is 11.5. The van der Waals surface area contributed by atoms with Crippen LogP contribution in [0, 0.1) is 23.1 Å². The van der Waals surface area contributed by atoms with E-state index >= 15 is 0 Å². The number of hydrogen-bond donors (Lipinski definition) is 1. The molecule has 3 rings (SSSR count). The maximum Gasteiger partial charge on any atom is 0.143 e. The molecule has 0 amide bonds. The molecule has 0 bridgehead atoms. The van der Waals surface area contributed by atoms with Crippen LogP contribution < -0.4 is 4.90 Å². The van der Waals surface area contributed by atoms with Gasteiger partial charge in [0.15, 0.2) is 0 Å². The Hall–Kier alpha value is -1.60. The van der Waals surface area contributed by atoms with Gasteiger partial charge < -0.3 is 10.0 Å². The van der Waals surface area contributed by atoms with Crippen molar-refractivity contribution in [3.8, 4) is 6.07 Å². The molecule has 1 aromatic rings. The van der Waals surface area contributed by atoms with Gasteiger partial charge in [0, 0.05) is 19.0 Å². The number of halogens is 1. The first kappa shape index (κ1) is 13.4. The maximum absolute atomic E-state index is 13.7. The monoisotopic (exact) mass is 274 g/mol. The number of anilines is 1. The lowest BCUT2D eigenvalue weighted by molar-refractivity contribution is -0.0612. The highest BCUT2D eigenvalue weighted by molar-refractivity contribution is 5.60. The summed E-state index contributed by atoms with van der Waals surface area (Å²) in [7, 11) is 0. The molecule has 1 saturated heterocycles. The first-order valence-electron chi connectivity index (χ1n) is 7.30. The fourth-order valence-corrected chi connectivity index (χ4v) is 3.68. The van der Waals surface area contributed by atoms with Gasteiger partial charge in [0.05, 0.1) is 11.3 Å². The minimum absolute atomic E-state index is 0.119. The van der Waals surface area contributed by atoms with Gasteiger partial charge in [-0.15, -0.1) is 0 Å². The van der Waals surface area contributed by atoms with Crippen LogP contribution in [0.25, 0.3) is 0 Å². The van der Waals surface area contributed by atoms with E-state index in [2.05, 4.69) is 4.90 Å². The van der Waals surface area contributed by atoms with Crippen LogP contribution in [0.3, 0.4) is 0 Å². The topological polar surface area (TPSA) is 47.3 Å². The van der Waals surface area contributed by atoms with Crippen molar-refractivity contribution in [2.75, 3.05) is 18.0 Å². The molecule has 3 nitrogen and oxygen atoms in total. The summed E-state index contributed by atoms with van der Waals surface area (Å²) in [4.78, 5) is 2.06. The molecule has 20 heavy (non-hydrogen) atoms. The highest BCUT2D eigenvalue weighted by atomic mass is 19.1. The second-order valence-electron chi connectivity index (χ2n) is 5.99. The van der Waals surface area contributed by atoms with Crippen LogP contribution in [-0.4, -0.2) is 23.8 Å². The highest BCUT2D eigenvalue weighted by Crippen LogP contribution is 2.41. The summed E-state index contributed by atoms with van der Waals surface area (Å²) in [6.07, 6.45) is 4.84. The van der Waals surface area contributed by atoms with E-state index in [-0.39, 0.29) is 11.5 Å². The Labute approximate surface area is 118 Å². The van der Waals surface area contributed by atoms with Gasteiger partial charge in [0.2, 0.25) is 0 Å². The highest BCUT2D eigenvalue weighted by Gasteiger charge is 2.43. The third-order valence-electron chi connectivity index (χ3n) is 4.87. The van der Waals surface area contributed by atoms with E-state index in [4.69, 9.17) is 5.26 Å². The van der Waals surface area contributed by atoms with Gasteiger partial charge in [0.1, 0.15) is 17.4 Å². The molecule has 2 fully saturated rings. The fourth-order valence-electron chi connectivity index (χ4n) is 3.68. The van der Waals surface area contributed by atoms with Crippen LogP contribution in [0.15, 0.2) is 18.2 Å². The summed E-state index contributed by atoms with van der Waals surface area (Å²) < 4.78 is 13.7. The summed E-state index contributed by atoms with van der Waals surface area (Å²) in [5, 5.41) is 19.8. The summed E-state index contributed by atoms with van der Waals surface area (Å²) in [6.45, 7) is 1.40. The first-order valence-corrected chi connectivity index (χ1v) is 7.30. The molecule has 2 atom stereocenters. The summed E-state index contributed by atoms with van der Waals surface area (Å²) >= 11 is 0. The van der Waals surface area contributed by atoms with Gasteiger partial charge >= 0.3 is 0 Å². The second-order valence-corrected chi connectivity index (χ2v) is 5.99. The SMILES string of the molecule is N#Cc1c(F)cccc1N1CCC2(O)CCCCC2C1. The van der Waals surface area contributed by atoms with Crippen molar-refractivity contribution in [3.63, 3.8) is 0 Å². The smallest absolute Gasteiger partial charge is 0.143 e. The zero-order chi connectivity index (χ0) is 14.2. The van der Waals surface area contributed by atoms with Crippen molar-refractivity contribution in [2.45, 2.75) is 37.7 Å². The Balaban J connectivity index is 1.87. The van der Waals surface area contributed by atoms with Crippen LogP contribution >= 0.6 is 0 Å². The minimum atomic E-state index is -0.547. The zero-order valence-electron chi connectivity index (χ0n) is 11.5. The number of fused-ring (bicyclic) bond motifs is 1. The van der Waals surface area contributed by atoms with E-state index in [1.165, 1.54) is 6.07 Å². The van der Waals surface area contributed by atoms with Crippen LogP contribution in [0.4, 0.5) is 10.1 Å². The Kier molecular flexibility index (Phi) is 3.39. The van der Waals surface area contributed by atoms with Gasteiger partial charge in [-0.05, 0) is 31.4 Å². The molecule has 0 radical (unpaired) electrons. The number of benzene rings is 1. The summed E-state index contributed by atoms with van der Waals surface area (Å²) in [5.74, 6) is -0.228. The molecular weight excluding hydrogens is 255 g/mol. The van der Waals surface area contributed by atoms with Crippen molar-refractivity contribution in [1.82, 2.24) is 0 Å². The van der Waals surface area contributed by atoms with Crippen LogP contribution in [0.1, 0.15) is 37.7 Å². The normalized spacial score (nSPS) is 29.6. The quantitative estimate of drug-likeness (QED) is 0.856. The molecule has 2 aliphatic rings. The number of hydrogen-bond acceptors (Lipinski definition) is 3. The Bertz CT molecular complexity index is 554. The van der Waals surface area contributed by atoms with E-state index in [1.807, 2.05) is 6.07 Å². The molecular formula is C16H19FN2O. The lowest BCUT2D eigenvalue weighted by Gasteiger charge is -2.48. The van der Waals surface area contributed by atoms with Gasteiger partial charge in [0.25, 0.3) is 0 Å². The fraction of sp³-hybridized carbons (Fsp3) is 0.562. The van der Waals surface area contributed by atoms with Gasteiger partial charge in [-0.3, -0.25) is 0 Å². The molecule has 1 saturated carbocycles. The maximum atomic E-state index is 13.7. The van der Waals surface area contributed by atoms with Crippen LogP contribution in [0.2, 0.25) is 0 Å². The standard InChI is InChI=1S/C16H19FN2O/c17-14-5-3-6-15(13(14)10-18)19-9-8-16(20)7-2-1-4-12(16)11-19/h3,5-6,12,20H,1-2,4,7-9,11H2. The molecule has 106 valence electrons. The van der Waals surface area contributed by atoms with Gasteiger partial charge in [-0.25, -0.2) is 4.39 Å². The molecule has 0 aromatic heterocycles. The Morgan fingerprint density at radius 2 is 2.20 bits per heavy atom. The van der Waals surface area contributed by atoms with E-state index in [0.717, 1.165) is 25.7 Å². The van der Waals surface area contributed by atoms with E-state index in [0.29, 0.717) is 25.2 Å². The molecule has 4 heteroatoms. The predicted octanol–water partition coefficient (Wildman–Crippen LogP) is 2.83. The summed E-state index contributed by atoms with van der Waals surface area (Å²) in [6, 6.07) is 6.73. The van der Waals surface area contributed by atoms with E-state index in [1.54, 1.807) is 12.1 Å². The van der Waals surface area contributed by atoms with Crippen molar-refractivity contribution >= 4 is 5.69 Å². The lowest BCUT2D eigenvalue weighted by Crippen LogP contribution is -2.53. The van der Waals surface area contributed by atoms with E-state index < -0.39 is 11.4 Å². The molecule has 0 spiro atoms. The minimum Gasteiger partial charge on any atom is -0.389 e. The van der Waals surface area contributed by atoms with Crippen molar-refractivity contribution < 1.29 is 9.50 Å². The van der Waals surface area contributed by atoms with Crippen molar-refractivity contribution in [1.29, 1.82) is 5.26 Å². The third-order valence-corrected chi connectivity index (χ3v) is 4.87. The van der Waals surface area contributed by atoms with Gasteiger partial charge in [-0.2, -0.15) is 5.26 Å². The van der Waals surface area contributed by atoms with Crippen LogP contribution in [0.5, 0.6) is 0 Å². The number of nitriles is 1. The van der Waals surface area contributed by atoms with Gasteiger partial charge in [-0.1, -0.05) is 18.9 Å². The third kappa shape index (κ3) is 2.16. The van der Waals surface area contributed by atoms with E-state index in [9.17, 15) is 9.50 Å². The van der Waals surface area contributed by atoms with Crippen LogP contribution in [-0.2, 0) is 0 Å². The largest absolute Gasteiger partial charge is 0.389 e. The first-order chi connectivity index (χ1) is 9.64. The van der Waals surface area contributed by atoms with Crippen molar-refractivity contribution in [2.24, 2.45) is 5.92 Å². The average Bonchev–Trinajstić information content (AvgIpc) is 2.46.